The first kappa shape index (κ1) is 14.1. The number of para-hydroxylation sites is 1. The summed E-state index contributed by atoms with van der Waals surface area (Å²) >= 11 is 0. The summed E-state index contributed by atoms with van der Waals surface area (Å²) < 4.78 is 7.42. The minimum absolute atomic E-state index is 0.550. The van der Waals surface area contributed by atoms with Crippen LogP contribution in [0.3, 0.4) is 0 Å². The average Bonchev–Trinajstić information content (AvgIpc) is 3.33. The highest BCUT2D eigenvalue weighted by Crippen LogP contribution is 2.35. The third-order valence-electron chi connectivity index (χ3n) is 4.28. The van der Waals surface area contributed by atoms with E-state index in [1.165, 1.54) is 18.4 Å². The molecule has 1 aromatic carbocycles. The van der Waals surface area contributed by atoms with E-state index in [0.29, 0.717) is 6.04 Å². The Morgan fingerprint density at radius 2 is 2.13 bits per heavy atom. The summed E-state index contributed by atoms with van der Waals surface area (Å²) in [5.41, 5.74) is 3.25. The fraction of sp³-hybridized carbons (Fsp3) is 0.333. The number of hydrogen-bond donors (Lipinski definition) is 0. The summed E-state index contributed by atoms with van der Waals surface area (Å²) in [5.74, 6) is 1.93. The van der Waals surface area contributed by atoms with Crippen LogP contribution in [0.2, 0.25) is 0 Å². The van der Waals surface area contributed by atoms with Crippen molar-refractivity contribution in [1.29, 1.82) is 0 Å². The van der Waals surface area contributed by atoms with E-state index < -0.39 is 0 Å². The number of hydrogen-bond acceptors (Lipinski definition) is 4. The topological polar surface area (TPSA) is 42.7 Å². The zero-order valence-corrected chi connectivity index (χ0v) is 13.4. The molecule has 0 unspecified atom stereocenters. The first-order valence-corrected chi connectivity index (χ1v) is 7.96. The summed E-state index contributed by atoms with van der Waals surface area (Å²) in [7, 11) is 1.72. The zero-order valence-electron chi connectivity index (χ0n) is 13.4. The molecule has 2 heterocycles. The summed E-state index contributed by atoms with van der Waals surface area (Å²) in [6, 6.07) is 10.8. The van der Waals surface area contributed by atoms with Gasteiger partial charge in [0, 0.05) is 30.5 Å². The van der Waals surface area contributed by atoms with Gasteiger partial charge in [-0.25, -0.2) is 9.50 Å². The molecule has 1 aliphatic carbocycles. The molecule has 0 atom stereocenters. The van der Waals surface area contributed by atoms with Crippen LogP contribution >= 0.6 is 0 Å². The summed E-state index contributed by atoms with van der Waals surface area (Å²) in [6.45, 7) is 2.81. The maximum absolute atomic E-state index is 5.51. The standard InChI is InChI=1S/C18H20N4O/c1-13-11-16-18(19-9-10-22(16)20-13)21(15-7-8-15)12-14-5-3-4-6-17(14)23-2/h3-6,9-11,15H,7-8,12H2,1-2H3. The van der Waals surface area contributed by atoms with Crippen molar-refractivity contribution in [2.75, 3.05) is 12.0 Å². The fourth-order valence-corrected chi connectivity index (χ4v) is 3.03. The summed E-state index contributed by atoms with van der Waals surface area (Å²) in [4.78, 5) is 7.04. The Morgan fingerprint density at radius 3 is 2.91 bits per heavy atom. The number of aryl methyl sites for hydroxylation is 1. The Labute approximate surface area is 135 Å². The molecule has 1 aliphatic rings. The van der Waals surface area contributed by atoms with Crippen LogP contribution < -0.4 is 9.64 Å². The van der Waals surface area contributed by atoms with Crippen molar-refractivity contribution < 1.29 is 4.74 Å². The molecule has 0 bridgehead atoms. The number of nitrogens with zero attached hydrogens (tertiary/aromatic N) is 4. The highest BCUT2D eigenvalue weighted by molar-refractivity contribution is 5.70. The van der Waals surface area contributed by atoms with E-state index in [2.05, 4.69) is 33.2 Å². The molecular formula is C18H20N4O. The molecule has 0 spiro atoms. The van der Waals surface area contributed by atoms with E-state index in [1.54, 1.807) is 7.11 Å². The number of aromatic nitrogens is 3. The van der Waals surface area contributed by atoms with Gasteiger partial charge in [0.15, 0.2) is 5.82 Å². The number of anilines is 1. The Kier molecular flexibility index (Phi) is 3.41. The van der Waals surface area contributed by atoms with Crippen molar-refractivity contribution in [2.24, 2.45) is 0 Å². The predicted octanol–water partition coefficient (Wildman–Crippen LogP) is 3.22. The Hall–Kier alpha value is -2.56. The third kappa shape index (κ3) is 2.63. The van der Waals surface area contributed by atoms with Gasteiger partial charge in [0.1, 0.15) is 11.3 Å². The molecule has 3 aromatic rings. The van der Waals surface area contributed by atoms with Gasteiger partial charge in [0.2, 0.25) is 0 Å². The Morgan fingerprint density at radius 1 is 1.30 bits per heavy atom. The number of rotatable bonds is 5. The van der Waals surface area contributed by atoms with Crippen LogP contribution in [0.5, 0.6) is 5.75 Å². The second-order valence-electron chi connectivity index (χ2n) is 6.04. The van der Waals surface area contributed by atoms with E-state index >= 15 is 0 Å². The van der Waals surface area contributed by atoms with Gasteiger partial charge in [-0.1, -0.05) is 18.2 Å². The van der Waals surface area contributed by atoms with Crippen molar-refractivity contribution in [1.82, 2.24) is 14.6 Å². The van der Waals surface area contributed by atoms with Crippen LogP contribution in [0, 0.1) is 6.92 Å². The minimum Gasteiger partial charge on any atom is -0.496 e. The molecule has 118 valence electrons. The van der Waals surface area contributed by atoms with E-state index in [-0.39, 0.29) is 0 Å². The van der Waals surface area contributed by atoms with Gasteiger partial charge in [-0.3, -0.25) is 0 Å². The smallest absolute Gasteiger partial charge is 0.155 e. The maximum Gasteiger partial charge on any atom is 0.155 e. The molecule has 0 radical (unpaired) electrons. The largest absolute Gasteiger partial charge is 0.496 e. The number of methoxy groups -OCH3 is 1. The van der Waals surface area contributed by atoms with Crippen LogP contribution in [0.4, 0.5) is 5.82 Å². The van der Waals surface area contributed by atoms with Crippen molar-refractivity contribution in [3.8, 4) is 5.75 Å². The quantitative estimate of drug-likeness (QED) is 0.726. The maximum atomic E-state index is 5.51. The van der Waals surface area contributed by atoms with Crippen LogP contribution in [0.1, 0.15) is 24.1 Å². The van der Waals surface area contributed by atoms with E-state index in [9.17, 15) is 0 Å². The molecule has 0 amide bonds. The first-order chi connectivity index (χ1) is 11.3. The van der Waals surface area contributed by atoms with E-state index in [4.69, 9.17) is 4.74 Å². The normalized spacial score (nSPS) is 14.2. The van der Waals surface area contributed by atoms with Crippen molar-refractivity contribution in [3.05, 3.63) is 54.0 Å². The van der Waals surface area contributed by atoms with E-state index in [0.717, 1.165) is 29.3 Å². The molecule has 0 saturated heterocycles. The molecule has 2 aromatic heterocycles. The van der Waals surface area contributed by atoms with Gasteiger partial charge < -0.3 is 9.64 Å². The predicted molar refractivity (Wildman–Crippen MR) is 89.9 cm³/mol. The highest BCUT2D eigenvalue weighted by Gasteiger charge is 2.31. The lowest BCUT2D eigenvalue weighted by Gasteiger charge is -2.25. The van der Waals surface area contributed by atoms with Gasteiger partial charge in [-0.2, -0.15) is 5.10 Å². The third-order valence-corrected chi connectivity index (χ3v) is 4.28. The Balaban J connectivity index is 1.76. The molecule has 1 saturated carbocycles. The van der Waals surface area contributed by atoms with Crippen LogP contribution in [-0.4, -0.2) is 27.7 Å². The SMILES string of the molecule is COc1ccccc1CN(c1nccn2nc(C)cc12)C1CC1. The number of fused-ring (bicyclic) bond motifs is 1. The second-order valence-corrected chi connectivity index (χ2v) is 6.04. The molecule has 1 fully saturated rings. The first-order valence-electron chi connectivity index (χ1n) is 7.96. The molecule has 5 nitrogen and oxygen atoms in total. The van der Waals surface area contributed by atoms with E-state index in [1.807, 2.05) is 36.0 Å². The van der Waals surface area contributed by atoms with Gasteiger partial charge in [0.25, 0.3) is 0 Å². The second kappa shape index (κ2) is 5.57. The molecule has 0 N–H and O–H groups in total. The van der Waals surface area contributed by atoms with Crippen LogP contribution in [0.15, 0.2) is 42.7 Å². The number of benzene rings is 1. The van der Waals surface area contributed by atoms with Gasteiger partial charge in [0.05, 0.1) is 12.8 Å². The molecule has 4 rings (SSSR count). The molecule has 23 heavy (non-hydrogen) atoms. The highest BCUT2D eigenvalue weighted by atomic mass is 16.5. The lowest BCUT2D eigenvalue weighted by Crippen LogP contribution is -2.26. The van der Waals surface area contributed by atoms with Crippen molar-refractivity contribution in [2.45, 2.75) is 32.4 Å². The van der Waals surface area contributed by atoms with Crippen LogP contribution in [0.25, 0.3) is 5.52 Å². The Bertz CT molecular complexity index is 838. The minimum atomic E-state index is 0.550. The van der Waals surface area contributed by atoms with Crippen molar-refractivity contribution >= 4 is 11.3 Å². The molecule has 0 aliphatic heterocycles. The summed E-state index contributed by atoms with van der Waals surface area (Å²) in [6.07, 6.45) is 6.16. The molecule has 5 heteroatoms. The average molecular weight is 308 g/mol. The summed E-state index contributed by atoms with van der Waals surface area (Å²) in [5, 5.41) is 4.50. The monoisotopic (exact) mass is 308 g/mol. The van der Waals surface area contributed by atoms with Gasteiger partial charge in [-0.15, -0.1) is 0 Å². The van der Waals surface area contributed by atoms with Crippen LogP contribution in [-0.2, 0) is 6.54 Å². The lowest BCUT2D eigenvalue weighted by atomic mass is 10.2. The number of ether oxygens (including phenoxy) is 1. The molecular weight excluding hydrogens is 288 g/mol. The van der Waals surface area contributed by atoms with Crippen molar-refractivity contribution in [3.63, 3.8) is 0 Å². The zero-order chi connectivity index (χ0) is 15.8. The lowest BCUT2D eigenvalue weighted by molar-refractivity contribution is 0.409. The van der Waals surface area contributed by atoms with Gasteiger partial charge in [-0.05, 0) is 31.9 Å². The fourth-order valence-electron chi connectivity index (χ4n) is 3.03. The van der Waals surface area contributed by atoms with Gasteiger partial charge >= 0.3 is 0 Å².